The minimum Gasteiger partial charge on any atom is -0.308 e. The van der Waals surface area contributed by atoms with Crippen molar-refractivity contribution in [3.05, 3.63) is 10.0 Å². The van der Waals surface area contributed by atoms with Gasteiger partial charge in [-0.1, -0.05) is 11.3 Å². The molecular weight excluding hydrogens is 238 g/mol. The summed E-state index contributed by atoms with van der Waals surface area (Å²) in [6, 6.07) is 0.754. The highest BCUT2D eigenvalue weighted by Crippen LogP contribution is 2.46. The van der Waals surface area contributed by atoms with E-state index in [-0.39, 0.29) is 4.75 Å². The Morgan fingerprint density at radius 1 is 1.44 bits per heavy atom. The van der Waals surface area contributed by atoms with Crippen molar-refractivity contribution in [3.63, 3.8) is 0 Å². The van der Waals surface area contributed by atoms with Crippen LogP contribution in [0.3, 0.4) is 0 Å². The molecule has 0 radical (unpaired) electrons. The lowest BCUT2D eigenvalue weighted by molar-refractivity contribution is 0.631. The Hall–Kier alpha value is -0.130. The molecule has 16 heavy (non-hydrogen) atoms. The van der Waals surface area contributed by atoms with Crippen LogP contribution in [0.1, 0.15) is 42.6 Å². The van der Waals surface area contributed by atoms with Gasteiger partial charge in [0, 0.05) is 12.6 Å². The number of nitrogens with one attached hydrogen (secondary N) is 1. The first-order valence-corrected chi connectivity index (χ1v) is 7.77. The minimum absolute atomic E-state index is 0.246. The van der Waals surface area contributed by atoms with Gasteiger partial charge in [-0.15, -0.1) is 22.0 Å². The van der Waals surface area contributed by atoms with Crippen molar-refractivity contribution in [2.45, 2.75) is 49.9 Å². The third kappa shape index (κ3) is 2.26. The summed E-state index contributed by atoms with van der Waals surface area (Å²) in [6.45, 7) is 3.21. The molecule has 2 heterocycles. The fourth-order valence-corrected chi connectivity index (χ4v) is 4.36. The van der Waals surface area contributed by atoms with Crippen molar-refractivity contribution < 1.29 is 0 Å². The number of thioether (sulfide) groups is 1. The predicted molar refractivity (Wildman–Crippen MR) is 68.8 cm³/mol. The molecule has 5 heteroatoms. The lowest BCUT2D eigenvalue weighted by Gasteiger charge is -2.17. The first-order chi connectivity index (χ1) is 7.76. The zero-order valence-electron chi connectivity index (χ0n) is 9.53. The number of hydrogen-bond donors (Lipinski definition) is 1. The van der Waals surface area contributed by atoms with Gasteiger partial charge in [-0.25, -0.2) is 0 Å². The van der Waals surface area contributed by atoms with Gasteiger partial charge < -0.3 is 5.32 Å². The molecule has 0 aromatic carbocycles. The molecule has 1 saturated heterocycles. The van der Waals surface area contributed by atoms with Gasteiger partial charge in [0.05, 0.1) is 4.75 Å². The number of aromatic nitrogens is 2. The van der Waals surface area contributed by atoms with Gasteiger partial charge in [0.25, 0.3) is 0 Å². The van der Waals surface area contributed by atoms with E-state index in [2.05, 4.69) is 22.4 Å². The maximum atomic E-state index is 4.38. The molecule has 0 bridgehead atoms. The first kappa shape index (κ1) is 11.0. The summed E-state index contributed by atoms with van der Waals surface area (Å²) in [5.41, 5.74) is 0. The summed E-state index contributed by atoms with van der Waals surface area (Å²) < 4.78 is 0.246. The van der Waals surface area contributed by atoms with E-state index < -0.39 is 0 Å². The summed E-state index contributed by atoms with van der Waals surface area (Å²) in [7, 11) is 0. The van der Waals surface area contributed by atoms with Crippen LogP contribution in [0, 0.1) is 0 Å². The summed E-state index contributed by atoms with van der Waals surface area (Å²) in [5, 5.41) is 14.5. The molecule has 1 atom stereocenters. The van der Waals surface area contributed by atoms with Gasteiger partial charge in [-0.2, -0.15) is 0 Å². The van der Waals surface area contributed by atoms with E-state index in [9.17, 15) is 0 Å². The quantitative estimate of drug-likeness (QED) is 0.897. The Labute approximate surface area is 104 Å². The van der Waals surface area contributed by atoms with E-state index in [4.69, 9.17) is 0 Å². The van der Waals surface area contributed by atoms with Gasteiger partial charge in [-0.3, -0.25) is 0 Å². The smallest absolute Gasteiger partial charge is 0.133 e. The van der Waals surface area contributed by atoms with E-state index in [1.807, 2.05) is 11.8 Å². The van der Waals surface area contributed by atoms with Gasteiger partial charge in [0.2, 0.25) is 0 Å². The van der Waals surface area contributed by atoms with E-state index >= 15 is 0 Å². The molecule has 1 unspecified atom stereocenters. The third-order valence-corrected chi connectivity index (χ3v) is 6.10. The Morgan fingerprint density at radius 2 is 2.31 bits per heavy atom. The van der Waals surface area contributed by atoms with Crippen molar-refractivity contribution >= 4 is 23.1 Å². The summed E-state index contributed by atoms with van der Waals surface area (Å²) >= 11 is 3.83. The number of hydrogen-bond acceptors (Lipinski definition) is 5. The van der Waals surface area contributed by atoms with E-state index in [0.29, 0.717) is 0 Å². The Kier molecular flexibility index (Phi) is 2.94. The lowest BCUT2D eigenvalue weighted by Crippen LogP contribution is -2.14. The highest BCUT2D eigenvalue weighted by molar-refractivity contribution is 8.00. The van der Waals surface area contributed by atoms with Crippen LogP contribution < -0.4 is 5.32 Å². The van der Waals surface area contributed by atoms with E-state index in [1.165, 1.54) is 36.4 Å². The standard InChI is InChI=1S/C11H17N3S2/c1-11(5-2-6-15-11)10-14-13-9(16-10)7-12-8-3-4-8/h8,12H,2-7H2,1H3. The second-order valence-electron chi connectivity index (χ2n) is 4.84. The van der Waals surface area contributed by atoms with Crippen LogP contribution in [0.2, 0.25) is 0 Å². The second kappa shape index (κ2) is 4.27. The zero-order valence-corrected chi connectivity index (χ0v) is 11.2. The number of rotatable bonds is 4. The molecule has 1 saturated carbocycles. The molecule has 2 fully saturated rings. The Bertz CT molecular complexity index is 367. The fourth-order valence-electron chi connectivity index (χ4n) is 2.01. The maximum absolute atomic E-state index is 4.38. The molecule has 3 nitrogen and oxygen atoms in total. The molecule has 0 amide bonds. The average molecular weight is 255 g/mol. The number of nitrogens with zero attached hydrogens (tertiary/aromatic N) is 2. The predicted octanol–water partition coefficient (Wildman–Crippen LogP) is 2.53. The lowest BCUT2D eigenvalue weighted by atomic mass is 10.1. The van der Waals surface area contributed by atoms with Gasteiger partial charge in [-0.05, 0) is 38.4 Å². The third-order valence-electron chi connectivity index (χ3n) is 3.26. The monoisotopic (exact) mass is 255 g/mol. The normalized spacial score (nSPS) is 29.8. The molecule has 0 spiro atoms. The molecule has 3 rings (SSSR count). The molecular formula is C11H17N3S2. The fraction of sp³-hybridized carbons (Fsp3) is 0.818. The van der Waals surface area contributed by atoms with Crippen molar-refractivity contribution in [2.75, 3.05) is 5.75 Å². The van der Waals surface area contributed by atoms with Gasteiger partial charge in [0.15, 0.2) is 0 Å². The largest absolute Gasteiger partial charge is 0.308 e. The molecule has 1 aromatic rings. The van der Waals surface area contributed by atoms with Crippen LogP contribution in [0.5, 0.6) is 0 Å². The summed E-state index contributed by atoms with van der Waals surface area (Å²) in [5.74, 6) is 1.27. The van der Waals surface area contributed by atoms with Gasteiger partial charge >= 0.3 is 0 Å². The minimum atomic E-state index is 0.246. The van der Waals surface area contributed by atoms with E-state index in [0.717, 1.165) is 17.6 Å². The molecule has 1 N–H and O–H groups in total. The van der Waals surface area contributed by atoms with Crippen LogP contribution in [0.25, 0.3) is 0 Å². The SMILES string of the molecule is CC1(c2nnc(CNC3CC3)s2)CCCS1. The van der Waals surface area contributed by atoms with Crippen molar-refractivity contribution in [1.29, 1.82) is 0 Å². The summed E-state index contributed by atoms with van der Waals surface area (Å²) in [4.78, 5) is 0. The maximum Gasteiger partial charge on any atom is 0.133 e. The molecule has 1 aliphatic heterocycles. The van der Waals surface area contributed by atoms with Crippen LogP contribution in [0.15, 0.2) is 0 Å². The second-order valence-corrected chi connectivity index (χ2v) is 7.50. The Morgan fingerprint density at radius 3 is 3.00 bits per heavy atom. The molecule has 88 valence electrons. The summed E-state index contributed by atoms with van der Waals surface area (Å²) in [6.07, 6.45) is 5.23. The van der Waals surface area contributed by atoms with Gasteiger partial charge in [0.1, 0.15) is 10.0 Å². The van der Waals surface area contributed by atoms with E-state index in [1.54, 1.807) is 11.3 Å². The topological polar surface area (TPSA) is 37.8 Å². The first-order valence-electron chi connectivity index (χ1n) is 5.96. The van der Waals surface area contributed by atoms with Crippen molar-refractivity contribution in [1.82, 2.24) is 15.5 Å². The van der Waals surface area contributed by atoms with Crippen molar-refractivity contribution in [2.24, 2.45) is 0 Å². The van der Waals surface area contributed by atoms with Crippen LogP contribution in [-0.4, -0.2) is 22.0 Å². The highest BCUT2D eigenvalue weighted by Gasteiger charge is 2.35. The highest BCUT2D eigenvalue weighted by atomic mass is 32.2. The van der Waals surface area contributed by atoms with Crippen LogP contribution in [-0.2, 0) is 11.3 Å². The average Bonchev–Trinajstić information content (AvgIpc) is 2.79. The van der Waals surface area contributed by atoms with Crippen LogP contribution >= 0.6 is 23.1 Å². The zero-order chi connectivity index (χ0) is 11.0. The molecule has 1 aliphatic carbocycles. The van der Waals surface area contributed by atoms with Crippen molar-refractivity contribution in [3.8, 4) is 0 Å². The Balaban J connectivity index is 1.66. The molecule has 2 aliphatic rings. The van der Waals surface area contributed by atoms with Crippen LogP contribution in [0.4, 0.5) is 0 Å². The molecule has 1 aromatic heterocycles.